The molecule has 2 unspecified atom stereocenters. The number of amidine groups is 1. The molecule has 2 atom stereocenters. The summed E-state index contributed by atoms with van der Waals surface area (Å²) < 4.78 is 13.4. The van der Waals surface area contributed by atoms with E-state index in [9.17, 15) is 9.30 Å². The number of alkyl halides is 1. The Morgan fingerprint density at radius 2 is 2.35 bits per heavy atom. The second-order valence-electron chi connectivity index (χ2n) is 4.86. The molecule has 0 radical (unpaired) electrons. The van der Waals surface area contributed by atoms with E-state index in [0.29, 0.717) is 18.8 Å². The second-order valence-corrected chi connectivity index (χ2v) is 4.86. The maximum atomic E-state index is 13.4. The van der Waals surface area contributed by atoms with Gasteiger partial charge in [0.1, 0.15) is 6.17 Å². The first-order valence-electron chi connectivity index (χ1n) is 6.80. The van der Waals surface area contributed by atoms with Crippen LogP contribution in [0.25, 0.3) is 0 Å². The van der Waals surface area contributed by atoms with Gasteiger partial charge in [0.05, 0.1) is 13.1 Å². The lowest BCUT2D eigenvalue weighted by molar-refractivity contribution is 0.319. The average Bonchev–Trinajstić information content (AvgIpc) is 2.84. The van der Waals surface area contributed by atoms with Crippen LogP contribution in [-0.4, -0.2) is 30.8 Å². The minimum absolute atomic E-state index is 0.205. The number of aliphatic imine (C=N–C) groups is 2. The summed E-state index contributed by atoms with van der Waals surface area (Å²) in [4.78, 5) is 18.9. The molecule has 106 valence electrons. The number of hydrogen-bond acceptors (Lipinski definition) is 4. The molecule has 0 bridgehead atoms. The van der Waals surface area contributed by atoms with E-state index in [1.807, 2.05) is 30.4 Å². The van der Waals surface area contributed by atoms with Crippen LogP contribution < -0.4 is 0 Å². The summed E-state index contributed by atoms with van der Waals surface area (Å²) in [6.45, 7) is 2.32. The number of halogens is 1. The quantitative estimate of drug-likeness (QED) is 0.560. The highest BCUT2D eigenvalue weighted by Gasteiger charge is 2.15. The SMILES string of the molecule is CC(F)C1C=C/C(C2=NCC(CCN=O)=N2)=C\C/C=C\1. The van der Waals surface area contributed by atoms with Crippen LogP contribution in [0.3, 0.4) is 0 Å². The fourth-order valence-electron chi connectivity index (χ4n) is 2.10. The minimum atomic E-state index is -0.912. The fourth-order valence-corrected chi connectivity index (χ4v) is 2.10. The summed E-state index contributed by atoms with van der Waals surface area (Å²) in [5.74, 6) is 0.464. The summed E-state index contributed by atoms with van der Waals surface area (Å²) in [7, 11) is 0. The van der Waals surface area contributed by atoms with Crippen molar-refractivity contribution in [3.05, 3.63) is 40.9 Å². The van der Waals surface area contributed by atoms with Gasteiger partial charge < -0.3 is 0 Å². The van der Waals surface area contributed by atoms with Gasteiger partial charge in [0.25, 0.3) is 0 Å². The van der Waals surface area contributed by atoms with E-state index in [1.54, 1.807) is 6.92 Å². The molecule has 0 aromatic rings. The Kier molecular flexibility index (Phi) is 5.09. The Bertz CT molecular complexity index is 515. The largest absolute Gasteiger partial charge is 0.260 e. The lowest BCUT2D eigenvalue weighted by Gasteiger charge is -2.11. The molecule has 0 aromatic heterocycles. The molecule has 1 heterocycles. The highest BCUT2D eigenvalue weighted by atomic mass is 19.1. The Hall–Kier alpha value is -1.91. The zero-order valence-corrected chi connectivity index (χ0v) is 11.5. The van der Waals surface area contributed by atoms with Crippen LogP contribution in [0.15, 0.2) is 51.1 Å². The van der Waals surface area contributed by atoms with E-state index in [-0.39, 0.29) is 12.5 Å². The molecule has 0 amide bonds. The van der Waals surface area contributed by atoms with Gasteiger partial charge >= 0.3 is 0 Å². The van der Waals surface area contributed by atoms with Crippen molar-refractivity contribution in [2.75, 3.05) is 13.1 Å². The van der Waals surface area contributed by atoms with Crippen molar-refractivity contribution in [3.63, 3.8) is 0 Å². The molecule has 20 heavy (non-hydrogen) atoms. The van der Waals surface area contributed by atoms with Gasteiger partial charge in [-0.05, 0) is 13.3 Å². The number of rotatable bonds is 5. The third-order valence-electron chi connectivity index (χ3n) is 3.29. The highest BCUT2D eigenvalue weighted by molar-refractivity contribution is 6.12. The van der Waals surface area contributed by atoms with Crippen molar-refractivity contribution < 1.29 is 4.39 Å². The van der Waals surface area contributed by atoms with Gasteiger partial charge in [-0.2, -0.15) is 4.91 Å². The highest BCUT2D eigenvalue weighted by Crippen LogP contribution is 2.18. The molecule has 0 saturated carbocycles. The van der Waals surface area contributed by atoms with Gasteiger partial charge in [0.15, 0.2) is 5.84 Å². The summed E-state index contributed by atoms with van der Waals surface area (Å²) in [6, 6.07) is 0. The van der Waals surface area contributed by atoms with Gasteiger partial charge in [0, 0.05) is 23.6 Å². The van der Waals surface area contributed by atoms with E-state index in [1.165, 1.54) is 0 Å². The average molecular weight is 275 g/mol. The van der Waals surface area contributed by atoms with Crippen molar-refractivity contribution in [3.8, 4) is 0 Å². The second kappa shape index (κ2) is 7.03. The molecule has 0 spiro atoms. The maximum Gasteiger partial charge on any atom is 0.154 e. The molecule has 0 aromatic carbocycles. The molecule has 0 N–H and O–H groups in total. The summed E-state index contributed by atoms with van der Waals surface area (Å²) in [5.41, 5.74) is 1.79. The lowest BCUT2D eigenvalue weighted by Crippen LogP contribution is -2.08. The molecule has 1 aliphatic heterocycles. The van der Waals surface area contributed by atoms with Gasteiger partial charge in [-0.15, -0.1) is 0 Å². The zero-order chi connectivity index (χ0) is 14.4. The first-order chi connectivity index (χ1) is 9.70. The minimum Gasteiger partial charge on any atom is -0.260 e. The number of hydrogen-bond donors (Lipinski definition) is 0. The van der Waals surface area contributed by atoms with Crippen molar-refractivity contribution in [2.24, 2.45) is 21.1 Å². The monoisotopic (exact) mass is 275 g/mol. The van der Waals surface area contributed by atoms with Gasteiger partial charge in [-0.3, -0.25) is 4.99 Å². The molecule has 5 heteroatoms. The van der Waals surface area contributed by atoms with Crippen molar-refractivity contribution >= 4 is 11.5 Å². The van der Waals surface area contributed by atoms with E-state index < -0.39 is 6.17 Å². The van der Waals surface area contributed by atoms with E-state index in [2.05, 4.69) is 15.2 Å². The summed E-state index contributed by atoms with van der Waals surface area (Å²) in [5, 5.41) is 2.83. The van der Waals surface area contributed by atoms with Crippen LogP contribution in [0.5, 0.6) is 0 Å². The van der Waals surface area contributed by atoms with Crippen LogP contribution in [0.4, 0.5) is 4.39 Å². The molecular weight excluding hydrogens is 257 g/mol. The summed E-state index contributed by atoms with van der Waals surface area (Å²) >= 11 is 0. The van der Waals surface area contributed by atoms with E-state index in [4.69, 9.17) is 0 Å². The Morgan fingerprint density at radius 1 is 1.50 bits per heavy atom. The first kappa shape index (κ1) is 14.5. The van der Waals surface area contributed by atoms with Crippen LogP contribution in [0.1, 0.15) is 19.8 Å². The fraction of sp³-hybridized carbons (Fsp3) is 0.467. The lowest BCUT2D eigenvalue weighted by atomic mass is 9.99. The molecule has 1 aliphatic carbocycles. The van der Waals surface area contributed by atoms with Crippen LogP contribution >= 0.6 is 0 Å². The smallest absolute Gasteiger partial charge is 0.154 e. The predicted octanol–water partition coefficient (Wildman–Crippen LogP) is 3.41. The van der Waals surface area contributed by atoms with Crippen molar-refractivity contribution in [2.45, 2.75) is 25.9 Å². The van der Waals surface area contributed by atoms with Gasteiger partial charge in [0.2, 0.25) is 0 Å². The summed E-state index contributed by atoms with van der Waals surface area (Å²) in [6.07, 6.45) is 9.97. The molecule has 2 rings (SSSR count). The normalized spacial score (nSPS) is 27.7. The molecular formula is C15H18FN3O. The molecule has 2 aliphatic rings. The van der Waals surface area contributed by atoms with Crippen molar-refractivity contribution in [1.29, 1.82) is 0 Å². The van der Waals surface area contributed by atoms with E-state index in [0.717, 1.165) is 17.7 Å². The Balaban J connectivity index is 2.09. The molecule has 0 fully saturated rings. The van der Waals surface area contributed by atoms with Crippen LogP contribution in [-0.2, 0) is 0 Å². The van der Waals surface area contributed by atoms with E-state index >= 15 is 0 Å². The standard InChI is InChI=1S/C15H18FN3O/c1-11(16)12-4-2-3-5-13(7-6-12)15-17-10-14(19-15)8-9-18-20/h2,4-7,11-12H,3,8-10H2,1H3/b4-2-,7-6?,13-5+. The number of nitroso groups, excluding NO2 is 1. The number of nitrogens with zero attached hydrogens (tertiary/aromatic N) is 3. The van der Waals surface area contributed by atoms with Crippen LogP contribution in [0, 0.1) is 10.8 Å². The number of allylic oxidation sites excluding steroid dienone is 4. The molecule has 4 nitrogen and oxygen atoms in total. The van der Waals surface area contributed by atoms with Gasteiger partial charge in [-0.25, -0.2) is 9.38 Å². The predicted molar refractivity (Wildman–Crippen MR) is 80.1 cm³/mol. The van der Waals surface area contributed by atoms with Gasteiger partial charge in [-0.1, -0.05) is 35.6 Å². The third kappa shape index (κ3) is 3.79. The third-order valence-corrected chi connectivity index (χ3v) is 3.29. The van der Waals surface area contributed by atoms with Crippen molar-refractivity contribution in [1.82, 2.24) is 0 Å². The topological polar surface area (TPSA) is 54.1 Å². The zero-order valence-electron chi connectivity index (χ0n) is 11.5. The Morgan fingerprint density at radius 3 is 3.10 bits per heavy atom. The first-order valence-corrected chi connectivity index (χ1v) is 6.80. The molecule has 0 saturated heterocycles. The van der Waals surface area contributed by atoms with Crippen LogP contribution in [0.2, 0.25) is 0 Å². The Labute approximate surface area is 117 Å². The maximum absolute atomic E-state index is 13.4.